The van der Waals surface area contributed by atoms with Gasteiger partial charge in [0.15, 0.2) is 11.6 Å². The number of nitrogens with one attached hydrogen (secondary N) is 3. The zero-order valence-electron chi connectivity index (χ0n) is 15.9. The van der Waals surface area contributed by atoms with Crippen LogP contribution in [0, 0.1) is 5.82 Å². The molecule has 2 aromatic rings. The van der Waals surface area contributed by atoms with Crippen LogP contribution < -0.4 is 20.7 Å². The fourth-order valence-electron chi connectivity index (χ4n) is 3.25. The Kier molecular flexibility index (Phi) is 6.23. The number of aromatic nitrogens is 3. The number of methoxy groups -OCH3 is 1. The Morgan fingerprint density at radius 1 is 1.22 bits per heavy atom. The molecular formula is C18H26FN7O. The zero-order valence-corrected chi connectivity index (χ0v) is 15.9. The summed E-state index contributed by atoms with van der Waals surface area (Å²) in [6.07, 6.45) is 2.38. The van der Waals surface area contributed by atoms with Crippen LogP contribution in [0.25, 0.3) is 0 Å². The highest BCUT2D eigenvalue weighted by atomic mass is 19.1. The molecule has 146 valence electrons. The molecule has 0 radical (unpaired) electrons. The fourth-order valence-corrected chi connectivity index (χ4v) is 3.25. The second-order valence-electron chi connectivity index (χ2n) is 6.34. The molecule has 1 fully saturated rings. The average Bonchev–Trinajstić information content (AvgIpc) is 3.14. The largest absolute Gasteiger partial charge is 0.494 e. The number of hydrogen-bond donors (Lipinski definition) is 3. The molecule has 3 N–H and O–H groups in total. The van der Waals surface area contributed by atoms with Crippen LogP contribution in [-0.2, 0) is 0 Å². The smallest absolute Gasteiger partial charge is 0.233 e. The first-order valence-corrected chi connectivity index (χ1v) is 9.15. The van der Waals surface area contributed by atoms with Crippen molar-refractivity contribution in [2.75, 3.05) is 49.7 Å². The third kappa shape index (κ3) is 4.73. The minimum absolute atomic E-state index is 0.187. The van der Waals surface area contributed by atoms with Gasteiger partial charge in [-0.15, -0.1) is 0 Å². The lowest BCUT2D eigenvalue weighted by Gasteiger charge is -2.23. The highest BCUT2D eigenvalue weighted by molar-refractivity contribution is 5.57. The predicted octanol–water partition coefficient (Wildman–Crippen LogP) is 2.70. The SMILES string of the molecule is CCN1CCCC1CNc1nc(NC)nc(Nc2ccc(OC)c(F)c2)n1. The molecule has 1 unspecified atom stereocenters. The summed E-state index contributed by atoms with van der Waals surface area (Å²) in [5.74, 6) is 0.980. The molecule has 0 spiro atoms. The molecule has 0 bridgehead atoms. The summed E-state index contributed by atoms with van der Waals surface area (Å²) in [6, 6.07) is 5.08. The average molecular weight is 375 g/mol. The van der Waals surface area contributed by atoms with E-state index in [1.54, 1.807) is 19.2 Å². The van der Waals surface area contributed by atoms with Gasteiger partial charge in [-0.25, -0.2) is 4.39 Å². The van der Waals surface area contributed by atoms with Gasteiger partial charge in [0.2, 0.25) is 17.8 Å². The monoisotopic (exact) mass is 375 g/mol. The summed E-state index contributed by atoms with van der Waals surface area (Å²) in [5.41, 5.74) is 0.528. The molecular weight excluding hydrogens is 349 g/mol. The number of anilines is 4. The molecule has 2 heterocycles. The van der Waals surface area contributed by atoms with Crippen molar-refractivity contribution in [3.8, 4) is 5.75 Å². The number of likely N-dealkylation sites (tertiary alicyclic amines) is 1. The summed E-state index contributed by atoms with van der Waals surface area (Å²) < 4.78 is 18.8. The standard InChI is InChI=1S/C18H26FN7O/c1-4-26-9-5-6-13(26)11-21-17-23-16(20-2)24-18(25-17)22-12-7-8-15(27-3)14(19)10-12/h7-8,10,13H,4-6,9,11H2,1-3H3,(H3,20,21,22,23,24,25). The summed E-state index contributed by atoms with van der Waals surface area (Å²) in [4.78, 5) is 15.5. The number of hydrogen-bond acceptors (Lipinski definition) is 8. The Hall–Kier alpha value is -2.68. The maximum Gasteiger partial charge on any atom is 0.233 e. The van der Waals surface area contributed by atoms with Crippen molar-refractivity contribution in [1.82, 2.24) is 19.9 Å². The predicted molar refractivity (Wildman–Crippen MR) is 104 cm³/mol. The molecule has 1 aliphatic heterocycles. The van der Waals surface area contributed by atoms with Gasteiger partial charge in [0.05, 0.1) is 7.11 Å². The van der Waals surface area contributed by atoms with E-state index in [2.05, 4.69) is 42.7 Å². The summed E-state index contributed by atoms with van der Waals surface area (Å²) in [7, 11) is 3.17. The Morgan fingerprint density at radius 2 is 2.00 bits per heavy atom. The first kappa shape index (κ1) is 19.1. The van der Waals surface area contributed by atoms with E-state index in [-0.39, 0.29) is 5.75 Å². The number of rotatable bonds is 8. The van der Waals surface area contributed by atoms with E-state index >= 15 is 0 Å². The number of nitrogens with zero attached hydrogens (tertiary/aromatic N) is 4. The minimum Gasteiger partial charge on any atom is -0.494 e. The van der Waals surface area contributed by atoms with Crippen LogP contribution in [0.4, 0.5) is 27.9 Å². The molecule has 0 amide bonds. The van der Waals surface area contributed by atoms with Crippen molar-refractivity contribution in [2.45, 2.75) is 25.8 Å². The van der Waals surface area contributed by atoms with Crippen molar-refractivity contribution in [1.29, 1.82) is 0 Å². The van der Waals surface area contributed by atoms with E-state index in [0.29, 0.717) is 29.6 Å². The van der Waals surface area contributed by atoms with Gasteiger partial charge in [0.25, 0.3) is 0 Å². The van der Waals surface area contributed by atoms with E-state index in [0.717, 1.165) is 19.6 Å². The molecule has 8 nitrogen and oxygen atoms in total. The molecule has 0 saturated carbocycles. The van der Waals surface area contributed by atoms with Crippen molar-refractivity contribution >= 4 is 23.5 Å². The van der Waals surface area contributed by atoms with Crippen LogP contribution in [-0.4, -0.2) is 59.7 Å². The topological polar surface area (TPSA) is 87.2 Å². The number of benzene rings is 1. The van der Waals surface area contributed by atoms with E-state index in [9.17, 15) is 4.39 Å². The second-order valence-corrected chi connectivity index (χ2v) is 6.34. The fraction of sp³-hybridized carbons (Fsp3) is 0.500. The molecule has 1 aliphatic rings. The van der Waals surface area contributed by atoms with Gasteiger partial charge in [-0.2, -0.15) is 15.0 Å². The van der Waals surface area contributed by atoms with Crippen LogP contribution in [0.2, 0.25) is 0 Å². The molecule has 1 aromatic carbocycles. The molecule has 1 aromatic heterocycles. The molecule has 1 saturated heterocycles. The Labute approximate surface area is 158 Å². The van der Waals surface area contributed by atoms with E-state index in [4.69, 9.17) is 4.74 Å². The molecule has 0 aliphatic carbocycles. The van der Waals surface area contributed by atoms with Gasteiger partial charge in [-0.3, -0.25) is 4.90 Å². The van der Waals surface area contributed by atoms with Crippen molar-refractivity contribution in [3.63, 3.8) is 0 Å². The lowest BCUT2D eigenvalue weighted by molar-refractivity contribution is 0.277. The van der Waals surface area contributed by atoms with Crippen LogP contribution >= 0.6 is 0 Å². The van der Waals surface area contributed by atoms with Gasteiger partial charge >= 0.3 is 0 Å². The van der Waals surface area contributed by atoms with E-state index in [1.807, 2.05) is 0 Å². The van der Waals surface area contributed by atoms with Gasteiger partial charge in [-0.05, 0) is 38.1 Å². The first-order valence-electron chi connectivity index (χ1n) is 9.15. The Bertz CT molecular complexity index is 773. The minimum atomic E-state index is -0.454. The van der Waals surface area contributed by atoms with Crippen molar-refractivity contribution in [3.05, 3.63) is 24.0 Å². The Morgan fingerprint density at radius 3 is 2.70 bits per heavy atom. The lowest BCUT2D eigenvalue weighted by Crippen LogP contribution is -2.35. The van der Waals surface area contributed by atoms with Gasteiger partial charge in [0.1, 0.15) is 0 Å². The first-order chi connectivity index (χ1) is 13.1. The normalized spacial score (nSPS) is 17.0. The maximum absolute atomic E-state index is 13.9. The van der Waals surface area contributed by atoms with Gasteiger partial charge in [0, 0.05) is 31.4 Å². The summed E-state index contributed by atoms with van der Waals surface area (Å²) >= 11 is 0. The number of halogens is 1. The highest BCUT2D eigenvalue weighted by Crippen LogP contribution is 2.23. The quantitative estimate of drug-likeness (QED) is 0.649. The summed E-state index contributed by atoms with van der Waals surface area (Å²) in [6.45, 7) is 5.13. The number of ether oxygens (including phenoxy) is 1. The molecule has 27 heavy (non-hydrogen) atoms. The highest BCUT2D eigenvalue weighted by Gasteiger charge is 2.22. The maximum atomic E-state index is 13.9. The van der Waals surface area contributed by atoms with E-state index in [1.165, 1.54) is 26.0 Å². The van der Waals surface area contributed by atoms with Crippen molar-refractivity contribution in [2.24, 2.45) is 0 Å². The lowest BCUT2D eigenvalue weighted by atomic mass is 10.2. The van der Waals surface area contributed by atoms with E-state index < -0.39 is 5.82 Å². The third-order valence-electron chi connectivity index (χ3n) is 4.67. The zero-order chi connectivity index (χ0) is 19.2. The van der Waals surface area contributed by atoms with Gasteiger partial charge < -0.3 is 20.7 Å². The second kappa shape index (κ2) is 8.81. The van der Waals surface area contributed by atoms with Gasteiger partial charge in [-0.1, -0.05) is 6.92 Å². The molecule has 9 heteroatoms. The Balaban J connectivity index is 1.72. The van der Waals surface area contributed by atoms with Crippen LogP contribution in [0.1, 0.15) is 19.8 Å². The summed E-state index contributed by atoms with van der Waals surface area (Å²) in [5, 5.41) is 9.24. The van der Waals surface area contributed by atoms with Crippen molar-refractivity contribution < 1.29 is 9.13 Å². The molecule has 3 rings (SSSR count). The molecule has 1 atom stereocenters. The van der Waals surface area contributed by atoms with Crippen LogP contribution in [0.15, 0.2) is 18.2 Å². The van der Waals surface area contributed by atoms with Crippen LogP contribution in [0.3, 0.4) is 0 Å². The third-order valence-corrected chi connectivity index (χ3v) is 4.67. The number of likely N-dealkylation sites (N-methyl/N-ethyl adjacent to an activating group) is 1. The van der Waals surface area contributed by atoms with Crippen LogP contribution in [0.5, 0.6) is 5.75 Å².